The predicted octanol–water partition coefficient (Wildman–Crippen LogP) is 2.53. The molecule has 1 heterocycles. The van der Waals surface area contributed by atoms with E-state index in [1.54, 1.807) is 28.8 Å². The zero-order valence-electron chi connectivity index (χ0n) is 10.8. The minimum Gasteiger partial charge on any atom is -0.392 e. The number of benzene rings is 1. The van der Waals surface area contributed by atoms with E-state index in [4.69, 9.17) is 5.11 Å². The van der Waals surface area contributed by atoms with Crippen LogP contribution in [0.15, 0.2) is 30.5 Å². The van der Waals surface area contributed by atoms with Gasteiger partial charge in [-0.1, -0.05) is 12.1 Å². The number of hydrogen-bond donors (Lipinski definition) is 1. The van der Waals surface area contributed by atoms with E-state index in [-0.39, 0.29) is 18.5 Å². The summed E-state index contributed by atoms with van der Waals surface area (Å²) in [6, 6.07) is 7.24. The van der Waals surface area contributed by atoms with E-state index < -0.39 is 4.92 Å². The first-order chi connectivity index (χ1) is 9.02. The van der Waals surface area contributed by atoms with Crippen molar-refractivity contribution in [2.75, 3.05) is 0 Å². The van der Waals surface area contributed by atoms with Crippen LogP contribution in [0.5, 0.6) is 0 Å². The standard InChI is InChI=1S/C13H15N3O3/c1-9(2)15-7-12(16(18)19)14-13(15)11-5-3-10(8-17)4-6-11/h3-7,9,17H,8H2,1-2H3. The minimum atomic E-state index is -0.496. The van der Waals surface area contributed by atoms with Crippen molar-refractivity contribution in [3.05, 3.63) is 46.1 Å². The number of aliphatic hydroxyl groups is 1. The van der Waals surface area contributed by atoms with Crippen molar-refractivity contribution in [2.24, 2.45) is 0 Å². The summed E-state index contributed by atoms with van der Waals surface area (Å²) < 4.78 is 1.77. The number of aromatic nitrogens is 2. The maximum atomic E-state index is 10.8. The second kappa shape index (κ2) is 5.19. The number of nitro groups is 1. The molecule has 1 aromatic heterocycles. The van der Waals surface area contributed by atoms with Crippen LogP contribution in [0.2, 0.25) is 0 Å². The Morgan fingerprint density at radius 1 is 1.37 bits per heavy atom. The molecule has 0 aliphatic rings. The van der Waals surface area contributed by atoms with E-state index in [9.17, 15) is 10.1 Å². The zero-order valence-corrected chi connectivity index (χ0v) is 10.8. The lowest BCUT2D eigenvalue weighted by Gasteiger charge is -2.08. The summed E-state index contributed by atoms with van der Waals surface area (Å²) in [6.45, 7) is 3.85. The van der Waals surface area contributed by atoms with E-state index in [1.807, 2.05) is 13.8 Å². The average molecular weight is 261 g/mol. The third kappa shape index (κ3) is 2.63. The smallest absolute Gasteiger partial charge is 0.382 e. The molecular formula is C13H15N3O3. The Morgan fingerprint density at radius 2 is 2.00 bits per heavy atom. The van der Waals surface area contributed by atoms with Gasteiger partial charge < -0.3 is 19.8 Å². The van der Waals surface area contributed by atoms with Crippen LogP contribution in [-0.4, -0.2) is 19.6 Å². The SMILES string of the molecule is CC(C)n1cc([N+](=O)[O-])nc1-c1ccc(CO)cc1. The van der Waals surface area contributed by atoms with Crippen molar-refractivity contribution in [1.29, 1.82) is 0 Å². The molecule has 6 heteroatoms. The summed E-state index contributed by atoms with van der Waals surface area (Å²) >= 11 is 0. The number of imidazole rings is 1. The molecule has 100 valence electrons. The molecule has 0 spiro atoms. The molecule has 0 amide bonds. The van der Waals surface area contributed by atoms with E-state index in [0.29, 0.717) is 5.82 Å². The van der Waals surface area contributed by atoms with Crippen molar-refractivity contribution in [3.63, 3.8) is 0 Å². The van der Waals surface area contributed by atoms with Crippen molar-refractivity contribution in [3.8, 4) is 11.4 Å². The van der Waals surface area contributed by atoms with Gasteiger partial charge >= 0.3 is 5.82 Å². The molecule has 2 rings (SSSR count). The van der Waals surface area contributed by atoms with Gasteiger partial charge in [-0.2, -0.15) is 0 Å². The van der Waals surface area contributed by atoms with Crippen LogP contribution in [0.3, 0.4) is 0 Å². The molecule has 0 fully saturated rings. The van der Waals surface area contributed by atoms with E-state index >= 15 is 0 Å². The zero-order chi connectivity index (χ0) is 14.0. The van der Waals surface area contributed by atoms with E-state index in [0.717, 1.165) is 11.1 Å². The van der Waals surface area contributed by atoms with Gasteiger partial charge in [-0.25, -0.2) is 0 Å². The summed E-state index contributed by atoms with van der Waals surface area (Å²) in [4.78, 5) is 14.4. The molecule has 0 unspecified atom stereocenters. The van der Waals surface area contributed by atoms with Crippen molar-refractivity contribution in [1.82, 2.24) is 9.55 Å². The van der Waals surface area contributed by atoms with Crippen LogP contribution in [0.1, 0.15) is 25.5 Å². The Kier molecular flexibility index (Phi) is 3.62. The fourth-order valence-corrected chi connectivity index (χ4v) is 1.84. The maximum absolute atomic E-state index is 10.8. The van der Waals surface area contributed by atoms with Gasteiger partial charge in [-0.3, -0.25) is 0 Å². The molecule has 1 N–H and O–H groups in total. The third-order valence-corrected chi connectivity index (χ3v) is 2.86. The first kappa shape index (κ1) is 13.2. The van der Waals surface area contributed by atoms with E-state index in [1.165, 1.54) is 6.20 Å². The van der Waals surface area contributed by atoms with Gasteiger partial charge in [0.2, 0.25) is 0 Å². The van der Waals surface area contributed by atoms with Crippen LogP contribution < -0.4 is 0 Å². The largest absolute Gasteiger partial charge is 0.392 e. The molecular weight excluding hydrogens is 246 g/mol. The first-order valence-electron chi connectivity index (χ1n) is 5.96. The highest BCUT2D eigenvalue weighted by molar-refractivity contribution is 5.58. The second-order valence-corrected chi connectivity index (χ2v) is 4.54. The topological polar surface area (TPSA) is 81.2 Å². The lowest BCUT2D eigenvalue weighted by molar-refractivity contribution is -0.389. The predicted molar refractivity (Wildman–Crippen MR) is 70.6 cm³/mol. The Morgan fingerprint density at radius 3 is 2.47 bits per heavy atom. The Bertz CT molecular complexity index is 588. The van der Waals surface area contributed by atoms with E-state index in [2.05, 4.69) is 4.98 Å². The molecule has 6 nitrogen and oxygen atoms in total. The van der Waals surface area contributed by atoms with Crippen molar-refractivity contribution in [2.45, 2.75) is 26.5 Å². The monoisotopic (exact) mass is 261 g/mol. The molecule has 0 bridgehead atoms. The molecule has 0 saturated heterocycles. The lowest BCUT2D eigenvalue weighted by atomic mass is 10.1. The fraction of sp³-hybridized carbons (Fsp3) is 0.308. The molecule has 0 aliphatic carbocycles. The van der Waals surface area contributed by atoms with Gasteiger partial charge in [-0.15, -0.1) is 0 Å². The average Bonchev–Trinajstić information content (AvgIpc) is 2.84. The number of rotatable bonds is 4. The number of aliphatic hydroxyl groups excluding tert-OH is 1. The van der Waals surface area contributed by atoms with Crippen LogP contribution in [0.25, 0.3) is 11.4 Å². The summed E-state index contributed by atoms with van der Waals surface area (Å²) in [5.41, 5.74) is 1.58. The normalized spacial score (nSPS) is 10.9. The molecule has 0 saturated carbocycles. The van der Waals surface area contributed by atoms with Crippen molar-refractivity contribution >= 4 is 5.82 Å². The van der Waals surface area contributed by atoms with Gasteiger partial charge in [0.05, 0.1) is 6.61 Å². The van der Waals surface area contributed by atoms with Crippen molar-refractivity contribution < 1.29 is 10.0 Å². The van der Waals surface area contributed by atoms with Crippen LogP contribution >= 0.6 is 0 Å². The molecule has 1 aromatic carbocycles. The molecule has 2 aromatic rings. The van der Waals surface area contributed by atoms with Crippen LogP contribution in [-0.2, 0) is 6.61 Å². The van der Waals surface area contributed by atoms with Gasteiger partial charge in [0.15, 0.2) is 0 Å². The summed E-state index contributed by atoms with van der Waals surface area (Å²) in [7, 11) is 0. The highest BCUT2D eigenvalue weighted by Crippen LogP contribution is 2.25. The van der Waals surface area contributed by atoms with Gasteiger partial charge in [0.25, 0.3) is 5.82 Å². The molecule has 0 radical (unpaired) electrons. The van der Waals surface area contributed by atoms with Gasteiger partial charge in [0.1, 0.15) is 6.20 Å². The summed E-state index contributed by atoms with van der Waals surface area (Å²) in [5, 5.41) is 19.8. The Balaban J connectivity index is 2.49. The quantitative estimate of drug-likeness (QED) is 0.677. The van der Waals surface area contributed by atoms with Gasteiger partial charge in [0, 0.05) is 11.6 Å². The molecule has 0 aliphatic heterocycles. The fourth-order valence-electron chi connectivity index (χ4n) is 1.84. The van der Waals surface area contributed by atoms with Crippen LogP contribution in [0.4, 0.5) is 5.82 Å². The molecule has 19 heavy (non-hydrogen) atoms. The lowest BCUT2D eigenvalue weighted by Crippen LogP contribution is -2.01. The second-order valence-electron chi connectivity index (χ2n) is 4.54. The van der Waals surface area contributed by atoms with Gasteiger partial charge in [-0.05, 0) is 41.5 Å². The number of hydrogen-bond acceptors (Lipinski definition) is 4. The Hall–Kier alpha value is -2.21. The third-order valence-electron chi connectivity index (χ3n) is 2.86. The highest BCUT2D eigenvalue weighted by Gasteiger charge is 2.21. The number of nitrogens with zero attached hydrogens (tertiary/aromatic N) is 3. The minimum absolute atomic E-state index is 0.0287. The first-order valence-corrected chi connectivity index (χ1v) is 5.96. The highest BCUT2D eigenvalue weighted by atomic mass is 16.6. The van der Waals surface area contributed by atoms with Crippen LogP contribution in [0, 0.1) is 10.1 Å². The summed E-state index contributed by atoms with van der Waals surface area (Å²) in [5.74, 6) is 0.404. The summed E-state index contributed by atoms with van der Waals surface area (Å²) in [6.07, 6.45) is 1.44. The Labute approximate surface area is 110 Å². The maximum Gasteiger partial charge on any atom is 0.382 e. The molecule has 0 atom stereocenters.